The Labute approximate surface area is 112 Å². The Balaban J connectivity index is 1.84. The van der Waals surface area contributed by atoms with Crippen molar-refractivity contribution < 1.29 is 12.9 Å². The molecular formula is C12H19N3O3S. The van der Waals surface area contributed by atoms with E-state index in [0.29, 0.717) is 18.1 Å². The maximum Gasteiger partial charge on any atom is 0.246 e. The molecule has 0 spiro atoms. The van der Waals surface area contributed by atoms with Crippen LogP contribution in [0, 0.1) is 0 Å². The third-order valence-corrected chi connectivity index (χ3v) is 6.06. The summed E-state index contributed by atoms with van der Waals surface area (Å²) < 4.78 is 28.4. The smallest absolute Gasteiger partial charge is 0.246 e. The molecule has 0 amide bonds. The Morgan fingerprint density at radius 1 is 1.53 bits per heavy atom. The van der Waals surface area contributed by atoms with E-state index in [4.69, 9.17) is 4.52 Å². The largest absolute Gasteiger partial charge is 0.337 e. The molecule has 2 aliphatic heterocycles. The number of nitrogens with one attached hydrogen (secondary N) is 1. The van der Waals surface area contributed by atoms with Gasteiger partial charge in [-0.2, -0.15) is 4.98 Å². The maximum atomic E-state index is 11.5. The topological polar surface area (TPSA) is 85.1 Å². The molecule has 3 heterocycles. The van der Waals surface area contributed by atoms with Crippen LogP contribution in [0.3, 0.4) is 0 Å². The van der Waals surface area contributed by atoms with E-state index < -0.39 is 9.84 Å². The van der Waals surface area contributed by atoms with E-state index in [9.17, 15) is 8.42 Å². The predicted molar refractivity (Wildman–Crippen MR) is 69.5 cm³/mol. The molecule has 0 bridgehead atoms. The molecule has 2 aliphatic rings. The van der Waals surface area contributed by atoms with Crippen molar-refractivity contribution in [2.24, 2.45) is 0 Å². The Bertz CT molecular complexity index is 561. The van der Waals surface area contributed by atoms with E-state index in [0.717, 1.165) is 25.8 Å². The van der Waals surface area contributed by atoms with E-state index in [-0.39, 0.29) is 23.0 Å². The first-order valence-corrected chi connectivity index (χ1v) is 8.66. The lowest BCUT2D eigenvalue weighted by molar-refractivity contribution is 0.249. The van der Waals surface area contributed by atoms with Crippen LogP contribution in [0.1, 0.15) is 50.2 Å². The van der Waals surface area contributed by atoms with E-state index in [1.54, 1.807) is 0 Å². The molecule has 2 fully saturated rings. The molecule has 2 atom stereocenters. The number of hydrogen-bond donors (Lipinski definition) is 1. The average molecular weight is 285 g/mol. The third kappa shape index (κ3) is 2.29. The number of nitrogens with zero attached hydrogens (tertiary/aromatic N) is 2. The van der Waals surface area contributed by atoms with Gasteiger partial charge in [0.05, 0.1) is 17.0 Å². The molecule has 7 heteroatoms. The van der Waals surface area contributed by atoms with E-state index in [1.165, 1.54) is 0 Å². The van der Waals surface area contributed by atoms with Crippen molar-refractivity contribution in [1.29, 1.82) is 0 Å². The van der Waals surface area contributed by atoms with Crippen molar-refractivity contribution in [2.75, 3.05) is 18.1 Å². The first-order chi connectivity index (χ1) is 9.05. The van der Waals surface area contributed by atoms with Crippen LogP contribution in [0.25, 0.3) is 0 Å². The van der Waals surface area contributed by atoms with Gasteiger partial charge >= 0.3 is 0 Å². The van der Waals surface area contributed by atoms with Crippen LogP contribution in [0.15, 0.2) is 4.52 Å². The minimum Gasteiger partial charge on any atom is -0.337 e. The summed E-state index contributed by atoms with van der Waals surface area (Å²) in [7, 11) is -2.91. The second-order valence-corrected chi connectivity index (χ2v) is 7.75. The lowest BCUT2D eigenvalue weighted by atomic mass is 9.94. The van der Waals surface area contributed by atoms with Gasteiger partial charge < -0.3 is 9.84 Å². The molecule has 19 heavy (non-hydrogen) atoms. The van der Waals surface area contributed by atoms with Gasteiger partial charge in [-0.15, -0.1) is 0 Å². The molecule has 6 nitrogen and oxygen atoms in total. The van der Waals surface area contributed by atoms with Crippen LogP contribution < -0.4 is 5.32 Å². The van der Waals surface area contributed by atoms with Gasteiger partial charge in [0.25, 0.3) is 0 Å². The minimum atomic E-state index is -2.91. The zero-order chi connectivity index (χ0) is 13.5. The lowest BCUT2D eigenvalue weighted by Crippen LogP contribution is -2.36. The van der Waals surface area contributed by atoms with Crippen molar-refractivity contribution in [3.8, 4) is 0 Å². The Morgan fingerprint density at radius 3 is 2.95 bits per heavy atom. The molecule has 0 aromatic carbocycles. The third-order valence-electron chi connectivity index (χ3n) is 4.30. The second-order valence-electron chi connectivity index (χ2n) is 5.52. The van der Waals surface area contributed by atoms with Crippen LogP contribution in [0.5, 0.6) is 0 Å². The highest BCUT2D eigenvalue weighted by Gasteiger charge is 2.40. The molecule has 1 aromatic heterocycles. The van der Waals surface area contributed by atoms with Crippen LogP contribution in [-0.2, 0) is 15.4 Å². The SMILES string of the molecule is CCC1(c2nc(C3CCS(=O)(=O)C3)no2)CCCN1. The van der Waals surface area contributed by atoms with E-state index >= 15 is 0 Å². The molecular weight excluding hydrogens is 266 g/mol. The van der Waals surface area contributed by atoms with Crippen molar-refractivity contribution in [3.63, 3.8) is 0 Å². The highest BCUT2D eigenvalue weighted by molar-refractivity contribution is 7.91. The van der Waals surface area contributed by atoms with Gasteiger partial charge in [-0.1, -0.05) is 12.1 Å². The van der Waals surface area contributed by atoms with Gasteiger partial charge in [0.2, 0.25) is 5.89 Å². The summed E-state index contributed by atoms with van der Waals surface area (Å²) in [4.78, 5) is 4.48. The van der Waals surface area contributed by atoms with Crippen LogP contribution in [0.2, 0.25) is 0 Å². The summed E-state index contributed by atoms with van der Waals surface area (Å²) >= 11 is 0. The molecule has 0 aliphatic carbocycles. The Morgan fingerprint density at radius 2 is 2.37 bits per heavy atom. The summed E-state index contributed by atoms with van der Waals surface area (Å²) in [5.74, 6) is 1.46. The lowest BCUT2D eigenvalue weighted by Gasteiger charge is -2.22. The molecule has 1 aromatic rings. The van der Waals surface area contributed by atoms with Gasteiger partial charge in [0, 0.05) is 5.92 Å². The van der Waals surface area contributed by atoms with E-state index in [2.05, 4.69) is 22.4 Å². The minimum absolute atomic E-state index is 0.0993. The molecule has 2 saturated heterocycles. The van der Waals surface area contributed by atoms with Crippen molar-refractivity contribution in [1.82, 2.24) is 15.5 Å². The van der Waals surface area contributed by atoms with Gasteiger partial charge in [-0.25, -0.2) is 8.42 Å². The van der Waals surface area contributed by atoms with Crippen molar-refractivity contribution in [3.05, 3.63) is 11.7 Å². The molecule has 0 saturated carbocycles. The summed E-state index contributed by atoms with van der Waals surface area (Å²) in [6, 6.07) is 0. The van der Waals surface area contributed by atoms with Crippen LogP contribution in [0.4, 0.5) is 0 Å². The fraction of sp³-hybridized carbons (Fsp3) is 0.833. The average Bonchev–Trinajstić information content (AvgIpc) is 3.06. The molecule has 1 N–H and O–H groups in total. The summed E-state index contributed by atoms with van der Waals surface area (Å²) in [5.41, 5.74) is -0.206. The van der Waals surface area contributed by atoms with Crippen molar-refractivity contribution in [2.45, 2.75) is 44.1 Å². The quantitative estimate of drug-likeness (QED) is 0.890. The van der Waals surface area contributed by atoms with Crippen molar-refractivity contribution >= 4 is 9.84 Å². The zero-order valence-corrected chi connectivity index (χ0v) is 11.9. The first-order valence-electron chi connectivity index (χ1n) is 6.84. The summed E-state index contributed by atoms with van der Waals surface area (Å²) in [5, 5.41) is 7.45. The highest BCUT2D eigenvalue weighted by Crippen LogP contribution is 2.34. The molecule has 2 unspecified atom stereocenters. The van der Waals surface area contributed by atoms with Gasteiger partial charge in [0.1, 0.15) is 0 Å². The Hall–Kier alpha value is -0.950. The highest BCUT2D eigenvalue weighted by atomic mass is 32.2. The number of aromatic nitrogens is 2. The zero-order valence-electron chi connectivity index (χ0n) is 11.1. The fourth-order valence-electron chi connectivity index (χ4n) is 3.04. The van der Waals surface area contributed by atoms with Crippen LogP contribution in [-0.4, -0.2) is 36.6 Å². The van der Waals surface area contributed by atoms with Gasteiger partial charge in [0.15, 0.2) is 15.7 Å². The fourth-order valence-corrected chi connectivity index (χ4v) is 4.77. The number of sulfone groups is 1. The van der Waals surface area contributed by atoms with E-state index in [1.807, 2.05) is 0 Å². The standard InChI is InChI=1S/C12H19N3O3S/c1-2-12(5-3-6-13-12)11-14-10(15-18-11)9-4-7-19(16,17)8-9/h9,13H,2-8H2,1H3. The molecule has 3 rings (SSSR count). The number of rotatable bonds is 3. The molecule has 106 valence electrons. The predicted octanol–water partition coefficient (Wildman–Crippen LogP) is 0.960. The number of hydrogen-bond acceptors (Lipinski definition) is 6. The Kier molecular flexibility index (Phi) is 3.13. The van der Waals surface area contributed by atoms with Gasteiger partial charge in [-0.3, -0.25) is 0 Å². The summed E-state index contributed by atoms with van der Waals surface area (Å²) in [6.07, 6.45) is 3.60. The normalized spacial score (nSPS) is 33.8. The maximum absolute atomic E-state index is 11.5. The first kappa shape index (κ1) is 13.1. The second kappa shape index (κ2) is 4.56. The van der Waals surface area contributed by atoms with Crippen LogP contribution >= 0.6 is 0 Å². The summed E-state index contributed by atoms with van der Waals surface area (Å²) in [6.45, 7) is 3.06. The monoisotopic (exact) mass is 285 g/mol. The molecule has 0 radical (unpaired) electrons. The van der Waals surface area contributed by atoms with Gasteiger partial charge in [-0.05, 0) is 32.2 Å².